The molecule has 0 saturated carbocycles. The molecule has 2 aromatic heterocycles. The summed E-state index contributed by atoms with van der Waals surface area (Å²) >= 11 is 3.31. The average molecular weight is 270 g/mol. The van der Waals surface area contributed by atoms with Gasteiger partial charge in [-0.2, -0.15) is 5.10 Å². The molecule has 0 radical (unpaired) electrons. The summed E-state index contributed by atoms with van der Waals surface area (Å²) in [6, 6.07) is 1.63. The highest BCUT2D eigenvalue weighted by atomic mass is 79.9. The zero-order valence-electron chi connectivity index (χ0n) is 8.19. The molecule has 2 aromatic rings. The highest BCUT2D eigenvalue weighted by molar-refractivity contribution is 9.10. The van der Waals surface area contributed by atoms with E-state index in [9.17, 15) is 4.79 Å². The van der Waals surface area contributed by atoms with Crippen molar-refractivity contribution in [1.82, 2.24) is 14.6 Å². The van der Waals surface area contributed by atoms with Crippen LogP contribution in [0.4, 0.5) is 0 Å². The fraction of sp³-hybridized carbons (Fsp3) is 0.222. The molecule has 0 aliphatic carbocycles. The fourth-order valence-corrected chi connectivity index (χ4v) is 1.85. The molecule has 0 spiro atoms. The van der Waals surface area contributed by atoms with E-state index in [1.165, 1.54) is 7.11 Å². The number of aryl methyl sites for hydroxylation is 1. The smallest absolute Gasteiger partial charge is 0.358 e. The minimum atomic E-state index is -0.455. The minimum absolute atomic E-state index is 0.269. The Morgan fingerprint density at radius 2 is 2.33 bits per heavy atom. The van der Waals surface area contributed by atoms with Crippen LogP contribution in [0.25, 0.3) is 5.52 Å². The number of carbonyl (C=O) groups excluding carboxylic acids is 1. The lowest BCUT2D eigenvalue weighted by Gasteiger charge is -1.96. The van der Waals surface area contributed by atoms with E-state index in [2.05, 4.69) is 30.7 Å². The van der Waals surface area contributed by atoms with Crippen molar-refractivity contribution >= 4 is 27.4 Å². The van der Waals surface area contributed by atoms with Crippen LogP contribution in [0.3, 0.4) is 0 Å². The molecule has 0 aliphatic rings. The van der Waals surface area contributed by atoms with Crippen molar-refractivity contribution in [3.05, 3.63) is 28.3 Å². The van der Waals surface area contributed by atoms with Gasteiger partial charge in [-0.1, -0.05) is 0 Å². The SMILES string of the molecule is COC(=O)c1cc2c(Br)nc(C)cn2n1. The van der Waals surface area contributed by atoms with E-state index in [1.807, 2.05) is 6.92 Å². The Morgan fingerprint density at radius 1 is 1.60 bits per heavy atom. The third-order valence-corrected chi connectivity index (χ3v) is 2.51. The predicted octanol–water partition coefficient (Wildman–Crippen LogP) is 1.59. The number of hydrogen-bond acceptors (Lipinski definition) is 4. The number of ether oxygens (including phenoxy) is 1. The number of nitrogens with zero attached hydrogens (tertiary/aromatic N) is 3. The van der Waals surface area contributed by atoms with E-state index in [0.717, 1.165) is 11.2 Å². The van der Waals surface area contributed by atoms with Crippen molar-refractivity contribution in [1.29, 1.82) is 0 Å². The summed E-state index contributed by atoms with van der Waals surface area (Å²) in [4.78, 5) is 15.4. The monoisotopic (exact) mass is 269 g/mol. The molecule has 0 unspecified atom stereocenters. The van der Waals surface area contributed by atoms with Crippen LogP contribution in [0.15, 0.2) is 16.9 Å². The number of halogens is 1. The van der Waals surface area contributed by atoms with Gasteiger partial charge < -0.3 is 4.74 Å². The van der Waals surface area contributed by atoms with Crippen molar-refractivity contribution in [2.75, 3.05) is 7.11 Å². The highest BCUT2D eigenvalue weighted by Crippen LogP contribution is 2.17. The third kappa shape index (κ3) is 1.72. The van der Waals surface area contributed by atoms with Crippen molar-refractivity contribution < 1.29 is 9.53 Å². The first-order valence-corrected chi connectivity index (χ1v) is 5.02. The second kappa shape index (κ2) is 3.62. The summed E-state index contributed by atoms with van der Waals surface area (Å²) in [7, 11) is 1.32. The van der Waals surface area contributed by atoms with E-state index in [4.69, 9.17) is 0 Å². The van der Waals surface area contributed by atoms with E-state index in [0.29, 0.717) is 4.60 Å². The molecular formula is C9H8BrN3O2. The Morgan fingerprint density at radius 3 is 3.00 bits per heavy atom. The normalized spacial score (nSPS) is 10.6. The molecule has 0 amide bonds. The van der Waals surface area contributed by atoms with Crippen LogP contribution in [-0.2, 0) is 4.74 Å². The first-order valence-electron chi connectivity index (χ1n) is 4.22. The maximum absolute atomic E-state index is 11.2. The van der Waals surface area contributed by atoms with Gasteiger partial charge in [-0.05, 0) is 22.9 Å². The van der Waals surface area contributed by atoms with Crippen molar-refractivity contribution in [2.24, 2.45) is 0 Å². The van der Waals surface area contributed by atoms with E-state index < -0.39 is 5.97 Å². The van der Waals surface area contributed by atoms with Gasteiger partial charge in [-0.15, -0.1) is 0 Å². The lowest BCUT2D eigenvalue weighted by atomic mass is 10.4. The van der Waals surface area contributed by atoms with Gasteiger partial charge in [0.05, 0.1) is 24.5 Å². The van der Waals surface area contributed by atoms with Gasteiger partial charge in [0.1, 0.15) is 4.60 Å². The summed E-state index contributed by atoms with van der Waals surface area (Å²) in [5.74, 6) is -0.455. The molecule has 2 heterocycles. The number of hydrogen-bond donors (Lipinski definition) is 0. The van der Waals surface area contributed by atoms with Crippen LogP contribution in [-0.4, -0.2) is 27.7 Å². The van der Waals surface area contributed by atoms with Crippen LogP contribution in [0.2, 0.25) is 0 Å². The van der Waals surface area contributed by atoms with E-state index in [-0.39, 0.29) is 5.69 Å². The number of carbonyl (C=O) groups is 1. The lowest BCUT2D eigenvalue weighted by molar-refractivity contribution is 0.0593. The molecular weight excluding hydrogens is 262 g/mol. The predicted molar refractivity (Wildman–Crippen MR) is 56.8 cm³/mol. The van der Waals surface area contributed by atoms with Crippen LogP contribution in [0.1, 0.15) is 16.2 Å². The molecule has 15 heavy (non-hydrogen) atoms. The molecule has 0 atom stereocenters. The second-order valence-electron chi connectivity index (χ2n) is 3.02. The zero-order valence-corrected chi connectivity index (χ0v) is 9.78. The average Bonchev–Trinajstić information content (AvgIpc) is 2.60. The second-order valence-corrected chi connectivity index (χ2v) is 3.78. The Kier molecular flexibility index (Phi) is 2.44. The van der Waals surface area contributed by atoms with Crippen LogP contribution < -0.4 is 0 Å². The molecule has 6 heteroatoms. The summed E-state index contributed by atoms with van der Waals surface area (Å²) in [6.45, 7) is 1.85. The Bertz CT molecular complexity index is 535. The molecule has 5 nitrogen and oxygen atoms in total. The summed E-state index contributed by atoms with van der Waals surface area (Å²) in [6.07, 6.45) is 1.74. The van der Waals surface area contributed by atoms with E-state index >= 15 is 0 Å². The molecule has 2 rings (SSSR count). The molecule has 0 bridgehead atoms. The van der Waals surface area contributed by atoms with Gasteiger partial charge in [0.15, 0.2) is 5.69 Å². The van der Waals surface area contributed by atoms with Gasteiger partial charge in [0.2, 0.25) is 0 Å². The molecule has 0 aliphatic heterocycles. The highest BCUT2D eigenvalue weighted by Gasteiger charge is 2.13. The topological polar surface area (TPSA) is 56.5 Å². The maximum Gasteiger partial charge on any atom is 0.358 e. The van der Waals surface area contributed by atoms with Crippen molar-refractivity contribution in [3.8, 4) is 0 Å². The van der Waals surface area contributed by atoms with Gasteiger partial charge >= 0.3 is 5.97 Å². The lowest BCUT2D eigenvalue weighted by Crippen LogP contribution is -2.02. The molecule has 0 saturated heterocycles. The number of esters is 1. The summed E-state index contributed by atoms with van der Waals surface area (Å²) < 4.78 is 6.84. The Hall–Kier alpha value is -1.43. The number of methoxy groups -OCH3 is 1. The molecule has 0 N–H and O–H groups in total. The quantitative estimate of drug-likeness (QED) is 0.738. The molecule has 0 fully saturated rings. The summed E-state index contributed by atoms with van der Waals surface area (Å²) in [5.41, 5.74) is 1.82. The van der Waals surface area contributed by atoms with Crippen molar-refractivity contribution in [2.45, 2.75) is 6.92 Å². The standard InChI is InChI=1S/C9H8BrN3O2/c1-5-4-13-7(8(10)11-5)3-6(12-13)9(14)15-2/h3-4H,1-2H3. The Balaban J connectivity index is 2.65. The van der Waals surface area contributed by atoms with E-state index in [1.54, 1.807) is 16.8 Å². The molecule has 0 aromatic carbocycles. The zero-order chi connectivity index (χ0) is 11.0. The first-order chi connectivity index (χ1) is 7.11. The third-order valence-electron chi connectivity index (χ3n) is 1.93. The summed E-state index contributed by atoms with van der Waals surface area (Å²) in [5, 5.41) is 4.08. The number of rotatable bonds is 1. The maximum atomic E-state index is 11.2. The first kappa shape index (κ1) is 10.1. The largest absolute Gasteiger partial charge is 0.464 e. The van der Waals surface area contributed by atoms with Gasteiger partial charge in [-0.3, -0.25) is 0 Å². The number of fused-ring (bicyclic) bond motifs is 1. The van der Waals surface area contributed by atoms with Crippen LogP contribution in [0, 0.1) is 6.92 Å². The van der Waals surface area contributed by atoms with Crippen molar-refractivity contribution in [3.63, 3.8) is 0 Å². The van der Waals surface area contributed by atoms with Gasteiger partial charge in [0, 0.05) is 6.07 Å². The van der Waals surface area contributed by atoms with Gasteiger partial charge in [-0.25, -0.2) is 14.3 Å². The van der Waals surface area contributed by atoms with Crippen LogP contribution in [0.5, 0.6) is 0 Å². The number of aromatic nitrogens is 3. The van der Waals surface area contributed by atoms with Gasteiger partial charge in [0.25, 0.3) is 0 Å². The fourth-order valence-electron chi connectivity index (χ4n) is 1.27. The minimum Gasteiger partial charge on any atom is -0.464 e. The Labute approximate surface area is 94.2 Å². The molecule has 78 valence electrons. The van der Waals surface area contributed by atoms with Crippen LogP contribution >= 0.6 is 15.9 Å².